The van der Waals surface area contributed by atoms with Crippen molar-refractivity contribution in [3.63, 3.8) is 0 Å². The Balaban J connectivity index is 1.23. The second kappa shape index (κ2) is 12.8. The normalized spacial score (nSPS) is 17.1. The van der Waals surface area contributed by atoms with E-state index in [-0.39, 0.29) is 18.1 Å². The van der Waals surface area contributed by atoms with Gasteiger partial charge in [-0.1, -0.05) is 36.8 Å². The number of benzene rings is 2. The van der Waals surface area contributed by atoms with E-state index in [9.17, 15) is 9.59 Å². The van der Waals surface area contributed by atoms with Gasteiger partial charge in [0.05, 0.1) is 11.3 Å². The number of nitrogens with one attached hydrogen (secondary N) is 1. The van der Waals surface area contributed by atoms with E-state index in [2.05, 4.69) is 21.4 Å². The van der Waals surface area contributed by atoms with Gasteiger partial charge in [-0.15, -0.1) is 0 Å². The highest BCUT2D eigenvalue weighted by atomic mass is 16.6. The largest absolute Gasteiger partial charge is 0.444 e. The number of amides is 1. The van der Waals surface area contributed by atoms with Gasteiger partial charge in [-0.3, -0.25) is 4.79 Å². The average molecular weight is 608 g/mol. The number of hydrogen-bond acceptors (Lipinski definition) is 8. The highest BCUT2D eigenvalue weighted by Gasteiger charge is 2.28. The third-order valence-corrected chi connectivity index (χ3v) is 8.53. The number of rotatable bonds is 8. The summed E-state index contributed by atoms with van der Waals surface area (Å²) in [6, 6.07) is 15.8. The Hall–Kier alpha value is -4.53. The Bertz CT molecular complexity index is 1710. The first kappa shape index (κ1) is 30.5. The van der Waals surface area contributed by atoms with E-state index in [1.165, 1.54) is 0 Å². The number of pyridine rings is 1. The molecule has 0 bridgehead atoms. The Labute approximate surface area is 264 Å². The van der Waals surface area contributed by atoms with Crippen molar-refractivity contribution in [3.8, 4) is 22.9 Å². The van der Waals surface area contributed by atoms with E-state index in [1.54, 1.807) is 17.3 Å². The number of likely N-dealkylation sites (tertiary alicyclic amines) is 1. The maximum Gasteiger partial charge on any atom is 0.410 e. The lowest BCUT2D eigenvalue weighted by atomic mass is 9.80. The maximum absolute atomic E-state index is 12.9. The van der Waals surface area contributed by atoms with Gasteiger partial charge in [0.15, 0.2) is 0 Å². The average Bonchev–Trinajstić information content (AvgIpc) is 2.97. The predicted octanol–water partition coefficient (Wildman–Crippen LogP) is 7.52. The van der Waals surface area contributed by atoms with Gasteiger partial charge in [-0.25, -0.2) is 19.7 Å². The number of carbonyl (C=O) groups excluding carboxylic acids is 2. The Kier molecular flexibility index (Phi) is 8.70. The van der Waals surface area contributed by atoms with Crippen molar-refractivity contribution < 1.29 is 19.1 Å². The van der Waals surface area contributed by atoms with Crippen LogP contribution in [0.3, 0.4) is 0 Å². The van der Waals surface area contributed by atoms with Crippen LogP contribution in [0, 0.1) is 12.8 Å². The molecule has 1 saturated carbocycles. The minimum Gasteiger partial charge on any atom is -0.444 e. The second-order valence-corrected chi connectivity index (χ2v) is 13.1. The topological polar surface area (TPSA) is 107 Å². The van der Waals surface area contributed by atoms with Crippen LogP contribution in [0.1, 0.15) is 64.0 Å². The Morgan fingerprint density at radius 2 is 1.80 bits per heavy atom. The van der Waals surface area contributed by atoms with Gasteiger partial charge < -0.3 is 19.7 Å². The zero-order valence-corrected chi connectivity index (χ0v) is 26.5. The molecule has 1 amide bonds. The summed E-state index contributed by atoms with van der Waals surface area (Å²) in [5.74, 6) is 2.14. The molecule has 2 aromatic carbocycles. The quantitative estimate of drug-likeness (QED) is 0.219. The molecule has 2 aromatic heterocycles. The fraction of sp³-hybridized carbons (Fsp3) is 0.417. The Morgan fingerprint density at radius 1 is 0.956 bits per heavy atom. The molecule has 1 aliphatic carbocycles. The highest BCUT2D eigenvalue weighted by Crippen LogP contribution is 2.38. The number of hydrogen-bond donors (Lipinski definition) is 1. The standard InChI is InChI=1S/C36H41N5O4/c1-23-15-16-27-25(21-31(42)24-9-5-10-24)11-6-13-28(27)32(23)44-33-29(14-7-18-37-33)30-17-19-38-34(40-30)39-26-12-8-20-41(22-26)35(43)45-36(2,3)4/h6-7,11,13-19,24,26H,5,8-10,12,20-22H2,1-4H3,(H,38,39,40)/t26-/m0/s1. The molecule has 234 valence electrons. The van der Waals surface area contributed by atoms with Crippen LogP contribution in [0.15, 0.2) is 60.9 Å². The highest BCUT2D eigenvalue weighted by molar-refractivity contribution is 5.96. The molecule has 45 heavy (non-hydrogen) atoms. The molecule has 2 fully saturated rings. The molecular formula is C36H41N5O4. The van der Waals surface area contributed by atoms with E-state index >= 15 is 0 Å². The number of nitrogens with zero attached hydrogens (tertiary/aromatic N) is 4. The molecule has 2 aliphatic rings. The fourth-order valence-corrected chi connectivity index (χ4v) is 5.97. The number of ketones is 1. The van der Waals surface area contributed by atoms with E-state index < -0.39 is 5.60 Å². The molecule has 1 aliphatic heterocycles. The van der Waals surface area contributed by atoms with Crippen LogP contribution < -0.4 is 10.1 Å². The maximum atomic E-state index is 12.9. The van der Waals surface area contributed by atoms with E-state index in [1.807, 2.05) is 70.2 Å². The molecule has 9 heteroatoms. The van der Waals surface area contributed by atoms with Gasteiger partial charge in [0.1, 0.15) is 17.1 Å². The smallest absolute Gasteiger partial charge is 0.410 e. The number of Topliss-reactive ketones (excluding diaryl/α,β-unsaturated/α-hetero) is 1. The lowest BCUT2D eigenvalue weighted by Gasteiger charge is -2.34. The summed E-state index contributed by atoms with van der Waals surface area (Å²) in [5.41, 5.74) is 2.85. The molecule has 0 radical (unpaired) electrons. The van der Waals surface area contributed by atoms with Crippen molar-refractivity contribution in [2.45, 2.75) is 77.9 Å². The zero-order chi connectivity index (χ0) is 31.6. The minimum atomic E-state index is -0.542. The fourth-order valence-electron chi connectivity index (χ4n) is 5.97. The summed E-state index contributed by atoms with van der Waals surface area (Å²) in [4.78, 5) is 41.1. The predicted molar refractivity (Wildman–Crippen MR) is 175 cm³/mol. The summed E-state index contributed by atoms with van der Waals surface area (Å²) in [6.45, 7) is 8.81. The van der Waals surface area contributed by atoms with Crippen LogP contribution in [0.2, 0.25) is 0 Å². The first-order chi connectivity index (χ1) is 21.6. The Morgan fingerprint density at radius 3 is 2.58 bits per heavy atom. The van der Waals surface area contributed by atoms with Crippen molar-refractivity contribution in [2.75, 3.05) is 18.4 Å². The van der Waals surface area contributed by atoms with Crippen LogP contribution in [-0.4, -0.2) is 56.5 Å². The van der Waals surface area contributed by atoms with E-state index in [4.69, 9.17) is 14.5 Å². The van der Waals surface area contributed by atoms with Gasteiger partial charge in [-0.2, -0.15) is 0 Å². The first-order valence-electron chi connectivity index (χ1n) is 15.9. The molecule has 1 saturated heterocycles. The number of aryl methyl sites for hydroxylation is 1. The van der Waals surface area contributed by atoms with Crippen molar-refractivity contribution >= 4 is 28.6 Å². The molecule has 3 heterocycles. The van der Waals surface area contributed by atoms with Crippen LogP contribution >= 0.6 is 0 Å². The summed E-state index contributed by atoms with van der Waals surface area (Å²) >= 11 is 0. The van der Waals surface area contributed by atoms with Crippen molar-refractivity contribution in [2.24, 2.45) is 5.92 Å². The van der Waals surface area contributed by atoms with Crippen LogP contribution in [0.4, 0.5) is 10.7 Å². The third-order valence-electron chi connectivity index (χ3n) is 8.53. The van der Waals surface area contributed by atoms with Gasteiger partial charge in [-0.05, 0) is 88.1 Å². The SMILES string of the molecule is Cc1ccc2c(CC(=O)C3CCC3)cccc2c1Oc1ncccc1-c1ccnc(N[C@H]2CCCN(C(=O)OC(C)(C)C)C2)n1. The van der Waals surface area contributed by atoms with Gasteiger partial charge in [0.2, 0.25) is 11.8 Å². The summed E-state index contributed by atoms with van der Waals surface area (Å²) in [6.07, 6.45) is 8.46. The molecule has 0 spiro atoms. The summed E-state index contributed by atoms with van der Waals surface area (Å²) < 4.78 is 12.2. The van der Waals surface area contributed by atoms with Crippen molar-refractivity contribution in [1.82, 2.24) is 19.9 Å². The van der Waals surface area contributed by atoms with Gasteiger partial charge >= 0.3 is 6.09 Å². The van der Waals surface area contributed by atoms with Gasteiger partial charge in [0.25, 0.3) is 0 Å². The number of piperidine rings is 1. The molecule has 6 rings (SSSR count). The number of ether oxygens (including phenoxy) is 2. The third kappa shape index (κ3) is 7.08. The minimum absolute atomic E-state index is 0.00478. The number of fused-ring (bicyclic) bond motifs is 1. The molecular weight excluding hydrogens is 566 g/mol. The lowest BCUT2D eigenvalue weighted by molar-refractivity contribution is -0.124. The molecule has 0 unspecified atom stereocenters. The van der Waals surface area contributed by atoms with Gasteiger partial charge in [0, 0.05) is 49.2 Å². The summed E-state index contributed by atoms with van der Waals surface area (Å²) in [5, 5.41) is 5.38. The second-order valence-electron chi connectivity index (χ2n) is 13.1. The van der Waals surface area contributed by atoms with E-state index in [0.717, 1.165) is 59.6 Å². The number of aromatic nitrogens is 3. The number of carbonyl (C=O) groups is 2. The first-order valence-corrected chi connectivity index (χ1v) is 15.9. The van der Waals surface area contributed by atoms with Crippen LogP contribution in [0.25, 0.3) is 22.0 Å². The zero-order valence-electron chi connectivity index (χ0n) is 26.5. The molecule has 9 nitrogen and oxygen atoms in total. The van der Waals surface area contributed by atoms with Crippen LogP contribution in [0.5, 0.6) is 11.6 Å². The number of anilines is 1. The molecule has 4 aromatic rings. The molecule has 1 N–H and O–H groups in total. The van der Waals surface area contributed by atoms with Crippen molar-refractivity contribution in [3.05, 3.63) is 72.1 Å². The van der Waals surface area contributed by atoms with Crippen molar-refractivity contribution in [1.29, 1.82) is 0 Å². The lowest BCUT2D eigenvalue weighted by Crippen LogP contribution is -2.47. The van der Waals surface area contributed by atoms with Crippen LogP contribution in [-0.2, 0) is 16.0 Å². The monoisotopic (exact) mass is 607 g/mol. The summed E-state index contributed by atoms with van der Waals surface area (Å²) in [7, 11) is 0. The molecule has 1 atom stereocenters. The van der Waals surface area contributed by atoms with E-state index in [0.29, 0.717) is 48.6 Å².